The molecule has 32 heavy (non-hydrogen) atoms. The van der Waals surface area contributed by atoms with Gasteiger partial charge in [-0.25, -0.2) is 4.57 Å². The Morgan fingerprint density at radius 2 is 1.25 bits per heavy atom. The lowest BCUT2D eigenvalue weighted by atomic mass is 10.0. The van der Waals surface area contributed by atoms with Crippen molar-refractivity contribution in [3.8, 4) is 0 Å². The van der Waals surface area contributed by atoms with E-state index in [1.165, 1.54) is 100 Å². The van der Waals surface area contributed by atoms with E-state index >= 15 is 0 Å². The molecule has 0 aliphatic heterocycles. The molecule has 1 atom stereocenters. The topological polar surface area (TPSA) is 59.6 Å². The van der Waals surface area contributed by atoms with Gasteiger partial charge in [0.1, 0.15) is 7.05 Å². The fraction of sp³-hybridized carbons (Fsp3) is 0.880. The number of thiazole rings is 1. The number of phosphoric acid groups is 1. The molecule has 0 saturated carbocycles. The molecule has 0 bridgehead atoms. The molecule has 0 saturated heterocycles. The van der Waals surface area contributed by atoms with E-state index in [1.54, 1.807) is 11.3 Å². The first kappa shape index (κ1) is 29.8. The number of hydrogen-bond donors (Lipinski definition) is 1. The summed E-state index contributed by atoms with van der Waals surface area (Å²) in [6, 6.07) is 0. The summed E-state index contributed by atoms with van der Waals surface area (Å²) < 4.78 is 24.2. The Hall–Kier alpha value is -0.260. The summed E-state index contributed by atoms with van der Waals surface area (Å²) in [5.41, 5.74) is 3.19. The van der Waals surface area contributed by atoms with Gasteiger partial charge in [-0.2, -0.15) is 4.57 Å². The van der Waals surface area contributed by atoms with E-state index in [-0.39, 0.29) is 6.61 Å². The number of hydrogen-bond acceptors (Lipinski definition) is 4. The minimum atomic E-state index is -3.93. The van der Waals surface area contributed by atoms with Crippen LogP contribution in [0.15, 0.2) is 5.51 Å². The lowest BCUT2D eigenvalue weighted by molar-refractivity contribution is -0.672. The minimum absolute atomic E-state index is 0.202. The fourth-order valence-electron chi connectivity index (χ4n) is 3.86. The van der Waals surface area contributed by atoms with Crippen LogP contribution in [0.4, 0.5) is 0 Å². The summed E-state index contributed by atoms with van der Waals surface area (Å²) in [7, 11) is -1.94. The van der Waals surface area contributed by atoms with Crippen molar-refractivity contribution in [1.29, 1.82) is 0 Å². The van der Waals surface area contributed by atoms with Gasteiger partial charge in [0.25, 0.3) is 0 Å². The predicted molar refractivity (Wildman–Crippen MR) is 135 cm³/mol. The van der Waals surface area contributed by atoms with E-state index < -0.39 is 7.82 Å². The Morgan fingerprint density at radius 3 is 1.69 bits per heavy atom. The summed E-state index contributed by atoms with van der Waals surface area (Å²) in [6.45, 7) is 4.81. The molecule has 0 amide bonds. The Bertz CT molecular complexity index is 623. The maximum atomic E-state index is 12.0. The van der Waals surface area contributed by atoms with E-state index in [9.17, 15) is 9.46 Å². The molecule has 1 rings (SSSR count). The number of unbranched alkanes of at least 4 members (excludes halogenated alkanes) is 15. The average molecular weight is 491 g/mol. The molecule has 5 nitrogen and oxygen atoms in total. The standard InChI is InChI=1S/C25H48NO4PS/c1-4-5-6-7-8-9-10-11-12-13-14-15-16-17-18-19-21-29-31(27,28)30-22-20-25-24(2)26(3)23-32-25/h23H,4-22H2,1-3H3/p+1. The lowest BCUT2D eigenvalue weighted by Crippen LogP contribution is -2.28. The zero-order valence-corrected chi connectivity index (χ0v) is 22.7. The van der Waals surface area contributed by atoms with Gasteiger partial charge >= 0.3 is 7.82 Å². The highest BCUT2D eigenvalue weighted by Gasteiger charge is 2.21. The van der Waals surface area contributed by atoms with Gasteiger partial charge in [0.15, 0.2) is 5.69 Å². The second-order valence-electron chi connectivity index (χ2n) is 9.03. The van der Waals surface area contributed by atoms with Gasteiger partial charge in [0, 0.05) is 13.3 Å². The fourth-order valence-corrected chi connectivity index (χ4v) is 5.58. The third-order valence-corrected chi connectivity index (χ3v) is 8.34. The van der Waals surface area contributed by atoms with Crippen molar-refractivity contribution in [1.82, 2.24) is 0 Å². The average Bonchev–Trinajstić information content (AvgIpc) is 3.08. The van der Waals surface area contributed by atoms with Crippen LogP contribution in [-0.2, 0) is 27.1 Å². The van der Waals surface area contributed by atoms with Crippen molar-refractivity contribution in [2.75, 3.05) is 13.2 Å². The molecule has 0 radical (unpaired) electrons. The Labute approximate surface area is 201 Å². The van der Waals surface area contributed by atoms with E-state index in [0.717, 1.165) is 12.8 Å². The van der Waals surface area contributed by atoms with Gasteiger partial charge in [0.05, 0.1) is 18.1 Å². The zero-order chi connectivity index (χ0) is 23.5. The number of rotatable bonds is 22. The molecule has 1 aromatic heterocycles. The van der Waals surface area contributed by atoms with Crippen LogP contribution in [0.2, 0.25) is 0 Å². The van der Waals surface area contributed by atoms with Crippen molar-refractivity contribution in [3.05, 3.63) is 16.1 Å². The van der Waals surface area contributed by atoms with Gasteiger partial charge < -0.3 is 4.89 Å². The van der Waals surface area contributed by atoms with Crippen LogP contribution >= 0.6 is 19.2 Å². The van der Waals surface area contributed by atoms with Gasteiger partial charge in [-0.3, -0.25) is 9.05 Å². The molecule has 0 spiro atoms. The van der Waals surface area contributed by atoms with Gasteiger partial charge in [-0.05, 0) is 6.42 Å². The predicted octanol–water partition coefficient (Wildman–Crippen LogP) is 7.82. The Kier molecular flexibility index (Phi) is 17.8. The summed E-state index contributed by atoms with van der Waals surface area (Å²) in [5.74, 6) is 0. The molecule has 0 aliphatic rings. The quantitative estimate of drug-likeness (QED) is 0.102. The maximum absolute atomic E-state index is 12.0. The SMILES string of the molecule is CCCCCCCCCCCCCCCCCCOP(=O)(O)OCCc1sc[n+](C)c1C. The van der Waals surface area contributed by atoms with Gasteiger partial charge in [-0.15, -0.1) is 0 Å². The third kappa shape index (κ3) is 15.6. The van der Waals surface area contributed by atoms with Crippen molar-refractivity contribution in [2.45, 2.75) is 123 Å². The molecule has 1 aromatic rings. The third-order valence-electron chi connectivity index (χ3n) is 6.12. The Balaban J connectivity index is 1.84. The molecule has 0 aromatic carbocycles. The number of nitrogens with zero attached hydrogens (tertiary/aromatic N) is 1. The van der Waals surface area contributed by atoms with Gasteiger partial charge in [0.2, 0.25) is 5.51 Å². The first-order valence-corrected chi connectivity index (χ1v) is 15.4. The smallest absolute Gasteiger partial charge is 0.302 e. The first-order chi connectivity index (χ1) is 15.5. The van der Waals surface area contributed by atoms with Crippen molar-refractivity contribution < 1.29 is 23.1 Å². The van der Waals surface area contributed by atoms with Crippen molar-refractivity contribution >= 4 is 19.2 Å². The number of aromatic nitrogens is 1. The summed E-state index contributed by atoms with van der Waals surface area (Å²) in [4.78, 5) is 11.0. The first-order valence-electron chi connectivity index (χ1n) is 13.0. The van der Waals surface area contributed by atoms with E-state index in [0.29, 0.717) is 13.0 Å². The van der Waals surface area contributed by atoms with Gasteiger partial charge in [-0.1, -0.05) is 115 Å². The highest BCUT2D eigenvalue weighted by atomic mass is 32.1. The monoisotopic (exact) mass is 490 g/mol. The molecule has 188 valence electrons. The van der Waals surface area contributed by atoms with E-state index in [4.69, 9.17) is 9.05 Å². The molecule has 1 heterocycles. The maximum Gasteiger partial charge on any atom is 0.472 e. The van der Waals surface area contributed by atoms with Crippen LogP contribution in [0.25, 0.3) is 0 Å². The molecule has 0 fully saturated rings. The normalized spacial score (nSPS) is 13.5. The minimum Gasteiger partial charge on any atom is -0.302 e. The summed E-state index contributed by atoms with van der Waals surface area (Å²) >= 11 is 1.64. The van der Waals surface area contributed by atoms with Crippen LogP contribution in [0.3, 0.4) is 0 Å². The zero-order valence-electron chi connectivity index (χ0n) is 21.0. The largest absolute Gasteiger partial charge is 0.472 e. The summed E-state index contributed by atoms with van der Waals surface area (Å²) in [6.07, 6.45) is 21.6. The molecular formula is C25H49NO4PS+. The second kappa shape index (κ2) is 19.1. The molecule has 7 heteroatoms. The van der Waals surface area contributed by atoms with Crippen LogP contribution in [0.5, 0.6) is 0 Å². The van der Waals surface area contributed by atoms with Crippen LogP contribution in [0.1, 0.15) is 120 Å². The number of phosphoric ester groups is 1. The van der Waals surface area contributed by atoms with E-state index in [2.05, 4.69) is 6.92 Å². The highest BCUT2D eigenvalue weighted by Crippen LogP contribution is 2.43. The highest BCUT2D eigenvalue weighted by molar-refractivity contribution is 7.47. The lowest BCUT2D eigenvalue weighted by Gasteiger charge is -2.11. The molecule has 1 unspecified atom stereocenters. The number of aryl methyl sites for hydroxylation is 1. The van der Waals surface area contributed by atoms with Crippen LogP contribution < -0.4 is 4.57 Å². The van der Waals surface area contributed by atoms with Crippen LogP contribution in [0, 0.1) is 6.92 Å². The molecular weight excluding hydrogens is 441 g/mol. The van der Waals surface area contributed by atoms with E-state index in [1.807, 2.05) is 24.0 Å². The van der Waals surface area contributed by atoms with Crippen LogP contribution in [-0.4, -0.2) is 18.1 Å². The van der Waals surface area contributed by atoms with Crippen molar-refractivity contribution in [3.63, 3.8) is 0 Å². The van der Waals surface area contributed by atoms with Crippen molar-refractivity contribution in [2.24, 2.45) is 7.05 Å². The second-order valence-corrected chi connectivity index (χ2v) is 11.4. The molecule has 0 aliphatic carbocycles. The summed E-state index contributed by atoms with van der Waals surface area (Å²) in [5, 5.41) is 0. The Morgan fingerprint density at radius 1 is 0.812 bits per heavy atom. The molecule has 1 N–H and O–H groups in total.